The molecule has 3 heterocycles. The standard InChI is InChI=1S/C14H18ClN5O/c1-19-10-17-18-13(19)7-14(21)4-2-6-20(9-14)12-3-5-16-8-11(12)15/h3,5,8,10,21H,2,4,6-7,9H2,1H3. The number of halogens is 1. The van der Waals surface area contributed by atoms with Crippen LogP contribution in [0.25, 0.3) is 0 Å². The van der Waals surface area contributed by atoms with Crippen molar-refractivity contribution in [2.24, 2.45) is 7.05 Å². The molecule has 1 fully saturated rings. The number of aliphatic hydroxyl groups is 1. The fraction of sp³-hybridized carbons (Fsp3) is 0.500. The zero-order valence-electron chi connectivity index (χ0n) is 11.9. The molecule has 0 bridgehead atoms. The van der Waals surface area contributed by atoms with Gasteiger partial charge >= 0.3 is 0 Å². The molecule has 0 aliphatic carbocycles. The van der Waals surface area contributed by atoms with E-state index in [4.69, 9.17) is 11.6 Å². The van der Waals surface area contributed by atoms with Crippen molar-refractivity contribution in [1.29, 1.82) is 0 Å². The minimum absolute atomic E-state index is 0.489. The lowest BCUT2D eigenvalue weighted by molar-refractivity contribution is 0.0238. The largest absolute Gasteiger partial charge is 0.388 e. The molecule has 21 heavy (non-hydrogen) atoms. The van der Waals surface area contributed by atoms with Gasteiger partial charge in [-0.2, -0.15) is 0 Å². The molecule has 0 radical (unpaired) electrons. The van der Waals surface area contributed by atoms with Crippen molar-refractivity contribution >= 4 is 17.3 Å². The Morgan fingerprint density at radius 1 is 1.48 bits per heavy atom. The Bertz CT molecular complexity index is 631. The van der Waals surface area contributed by atoms with Gasteiger partial charge in [0.15, 0.2) is 0 Å². The van der Waals surface area contributed by atoms with Gasteiger partial charge in [0.1, 0.15) is 12.2 Å². The molecule has 0 saturated carbocycles. The monoisotopic (exact) mass is 307 g/mol. The summed E-state index contributed by atoms with van der Waals surface area (Å²) >= 11 is 6.21. The lowest BCUT2D eigenvalue weighted by Crippen LogP contribution is -2.50. The van der Waals surface area contributed by atoms with E-state index in [0.29, 0.717) is 18.0 Å². The number of piperidine rings is 1. The maximum Gasteiger partial charge on any atom is 0.135 e. The first kappa shape index (κ1) is 14.3. The van der Waals surface area contributed by atoms with Crippen LogP contribution >= 0.6 is 11.6 Å². The number of hydrogen-bond acceptors (Lipinski definition) is 5. The second kappa shape index (κ2) is 5.61. The third-order valence-electron chi connectivity index (χ3n) is 3.94. The second-order valence-corrected chi connectivity index (χ2v) is 6.02. The van der Waals surface area contributed by atoms with Gasteiger partial charge < -0.3 is 14.6 Å². The third kappa shape index (κ3) is 3.01. The molecule has 0 aromatic carbocycles. The van der Waals surface area contributed by atoms with Crippen molar-refractivity contribution in [3.05, 3.63) is 35.6 Å². The van der Waals surface area contributed by atoms with Crippen LogP contribution in [0.15, 0.2) is 24.8 Å². The lowest BCUT2D eigenvalue weighted by atomic mass is 9.89. The molecule has 1 unspecified atom stereocenters. The summed E-state index contributed by atoms with van der Waals surface area (Å²) in [6.45, 7) is 1.41. The highest BCUT2D eigenvalue weighted by Gasteiger charge is 2.35. The molecule has 0 spiro atoms. The first-order valence-corrected chi connectivity index (χ1v) is 7.35. The molecule has 1 aliphatic rings. The molecule has 3 rings (SSSR count). The number of rotatable bonds is 3. The van der Waals surface area contributed by atoms with Gasteiger partial charge in [0, 0.05) is 39.0 Å². The molecule has 6 nitrogen and oxygen atoms in total. The van der Waals surface area contributed by atoms with Crippen LogP contribution in [0.4, 0.5) is 5.69 Å². The Morgan fingerprint density at radius 3 is 3.05 bits per heavy atom. The molecular formula is C14H18ClN5O. The molecule has 2 aromatic rings. The summed E-state index contributed by atoms with van der Waals surface area (Å²) in [7, 11) is 1.89. The Hall–Kier alpha value is -1.66. The highest BCUT2D eigenvalue weighted by molar-refractivity contribution is 6.33. The van der Waals surface area contributed by atoms with Crippen LogP contribution in [0.2, 0.25) is 5.02 Å². The van der Waals surface area contributed by atoms with Crippen LogP contribution < -0.4 is 4.90 Å². The van der Waals surface area contributed by atoms with Gasteiger partial charge in [0.25, 0.3) is 0 Å². The van der Waals surface area contributed by atoms with Crippen molar-refractivity contribution in [3.63, 3.8) is 0 Å². The van der Waals surface area contributed by atoms with Crippen molar-refractivity contribution < 1.29 is 5.11 Å². The van der Waals surface area contributed by atoms with Crippen LogP contribution in [-0.4, -0.2) is 43.5 Å². The summed E-state index contributed by atoms with van der Waals surface area (Å²) in [5.41, 5.74) is 0.105. The first-order valence-electron chi connectivity index (χ1n) is 6.97. The van der Waals surface area contributed by atoms with E-state index in [1.807, 2.05) is 17.7 Å². The molecule has 1 aliphatic heterocycles. The Balaban J connectivity index is 1.79. The van der Waals surface area contributed by atoms with E-state index in [0.717, 1.165) is 30.9 Å². The van der Waals surface area contributed by atoms with E-state index >= 15 is 0 Å². The van der Waals surface area contributed by atoms with Gasteiger partial charge in [-0.25, -0.2) is 0 Å². The smallest absolute Gasteiger partial charge is 0.135 e. The maximum absolute atomic E-state index is 10.9. The van der Waals surface area contributed by atoms with Gasteiger partial charge in [-0.1, -0.05) is 11.6 Å². The Morgan fingerprint density at radius 2 is 2.33 bits per heavy atom. The topological polar surface area (TPSA) is 67.1 Å². The van der Waals surface area contributed by atoms with Crippen molar-refractivity contribution in [1.82, 2.24) is 19.7 Å². The van der Waals surface area contributed by atoms with Crippen LogP contribution in [0.1, 0.15) is 18.7 Å². The summed E-state index contributed by atoms with van der Waals surface area (Å²) in [5, 5.41) is 19.5. The van der Waals surface area contributed by atoms with Gasteiger partial charge in [0.2, 0.25) is 0 Å². The first-order chi connectivity index (χ1) is 10.1. The SMILES string of the molecule is Cn1cnnc1CC1(O)CCCN(c2ccncc2Cl)C1. The highest BCUT2D eigenvalue weighted by atomic mass is 35.5. The van der Waals surface area contributed by atoms with Gasteiger partial charge in [-0.15, -0.1) is 10.2 Å². The molecule has 2 aromatic heterocycles. The lowest BCUT2D eigenvalue weighted by Gasteiger charge is -2.40. The summed E-state index contributed by atoms with van der Waals surface area (Å²) in [6, 6.07) is 1.89. The van der Waals surface area contributed by atoms with E-state index in [1.165, 1.54) is 0 Å². The summed E-state index contributed by atoms with van der Waals surface area (Å²) < 4.78 is 1.84. The van der Waals surface area contributed by atoms with E-state index in [-0.39, 0.29) is 0 Å². The number of β-amino-alcohol motifs (C(OH)–C–C–N with tert-alkyl or cyclic N) is 1. The number of nitrogens with zero attached hydrogens (tertiary/aromatic N) is 5. The number of pyridine rings is 1. The van der Waals surface area contributed by atoms with Crippen molar-refractivity contribution in [2.45, 2.75) is 24.9 Å². The average molecular weight is 308 g/mol. The zero-order chi connectivity index (χ0) is 14.9. The van der Waals surface area contributed by atoms with Gasteiger partial charge in [-0.3, -0.25) is 4.98 Å². The molecule has 1 saturated heterocycles. The van der Waals surface area contributed by atoms with E-state index in [9.17, 15) is 5.11 Å². The molecule has 1 atom stereocenters. The normalized spacial score (nSPS) is 22.5. The summed E-state index contributed by atoms with van der Waals surface area (Å²) in [4.78, 5) is 6.12. The van der Waals surface area contributed by atoms with Crippen LogP contribution in [0, 0.1) is 0 Å². The van der Waals surface area contributed by atoms with E-state index in [1.54, 1.807) is 18.7 Å². The van der Waals surface area contributed by atoms with E-state index in [2.05, 4.69) is 20.1 Å². The quantitative estimate of drug-likeness (QED) is 0.929. The Labute approximate surface area is 128 Å². The number of anilines is 1. The predicted octanol–water partition coefficient (Wildman–Crippen LogP) is 1.44. The second-order valence-electron chi connectivity index (χ2n) is 5.61. The van der Waals surface area contributed by atoms with Crippen LogP contribution in [0.5, 0.6) is 0 Å². The van der Waals surface area contributed by atoms with Crippen molar-refractivity contribution in [2.75, 3.05) is 18.0 Å². The highest BCUT2D eigenvalue weighted by Crippen LogP contribution is 2.31. The summed E-state index contributed by atoms with van der Waals surface area (Å²) in [5.74, 6) is 0.792. The minimum atomic E-state index is -0.814. The molecule has 1 N–H and O–H groups in total. The average Bonchev–Trinajstić information content (AvgIpc) is 2.84. The minimum Gasteiger partial charge on any atom is -0.388 e. The number of aromatic nitrogens is 4. The van der Waals surface area contributed by atoms with E-state index < -0.39 is 5.60 Å². The van der Waals surface area contributed by atoms with Gasteiger partial charge in [-0.05, 0) is 18.9 Å². The fourth-order valence-corrected chi connectivity index (χ4v) is 3.09. The fourth-order valence-electron chi connectivity index (χ4n) is 2.85. The Kier molecular flexibility index (Phi) is 3.82. The third-order valence-corrected chi connectivity index (χ3v) is 4.23. The predicted molar refractivity (Wildman–Crippen MR) is 80.4 cm³/mol. The van der Waals surface area contributed by atoms with Crippen molar-refractivity contribution in [3.8, 4) is 0 Å². The zero-order valence-corrected chi connectivity index (χ0v) is 12.7. The summed E-state index contributed by atoms with van der Waals surface area (Å²) in [6.07, 6.45) is 7.15. The maximum atomic E-state index is 10.9. The number of aryl methyl sites for hydroxylation is 1. The van der Waals surface area contributed by atoms with Crippen LogP contribution in [-0.2, 0) is 13.5 Å². The van der Waals surface area contributed by atoms with Crippen LogP contribution in [0.3, 0.4) is 0 Å². The molecular weight excluding hydrogens is 290 g/mol. The molecule has 0 amide bonds. The number of hydrogen-bond donors (Lipinski definition) is 1. The molecule has 112 valence electrons. The van der Waals surface area contributed by atoms with Gasteiger partial charge in [0.05, 0.1) is 16.3 Å². The molecule has 7 heteroatoms.